The van der Waals surface area contributed by atoms with Crippen LogP contribution < -0.4 is 0 Å². The van der Waals surface area contributed by atoms with Gasteiger partial charge in [0.05, 0.1) is 18.8 Å². The fraction of sp³-hybridized carbons (Fsp3) is 0.571. The van der Waals surface area contributed by atoms with Gasteiger partial charge < -0.3 is 4.74 Å². The molecule has 6 nitrogen and oxygen atoms in total. The minimum Gasteiger partial charge on any atom is -0.375 e. The number of ether oxygens (including phenoxy) is 1. The molecule has 0 N–H and O–H groups in total. The van der Waals surface area contributed by atoms with Crippen molar-refractivity contribution in [2.45, 2.75) is 42.7 Å². The van der Waals surface area contributed by atoms with E-state index in [9.17, 15) is 8.42 Å². The molecule has 0 bridgehead atoms. The number of aromatic nitrogens is 1. The zero-order valence-electron chi connectivity index (χ0n) is 11.6. The predicted octanol–water partition coefficient (Wildman–Crippen LogP) is 1.29. The molecule has 2 fully saturated rings. The average Bonchev–Trinajstić information content (AvgIpc) is 2.54. The number of pyridine rings is 1. The van der Waals surface area contributed by atoms with Gasteiger partial charge in [-0.1, -0.05) is 12.8 Å². The second-order valence-electron chi connectivity index (χ2n) is 5.34. The van der Waals surface area contributed by atoms with Crippen molar-refractivity contribution in [2.24, 2.45) is 0 Å². The Kier molecular flexibility index (Phi) is 3.93. The minimum atomic E-state index is -3.71. The molecule has 7 heteroatoms. The molecule has 1 aliphatic carbocycles. The van der Waals surface area contributed by atoms with Crippen LogP contribution in [-0.4, -0.2) is 43.0 Å². The molecule has 0 radical (unpaired) electrons. The Morgan fingerprint density at radius 1 is 1.38 bits per heavy atom. The molecule has 112 valence electrons. The molecule has 1 aromatic heterocycles. The normalized spacial score (nSPS) is 26.8. The molecule has 1 aromatic rings. The number of fused-ring (bicyclic) bond motifs is 1. The molecule has 0 amide bonds. The highest BCUT2D eigenvalue weighted by Crippen LogP contribution is 2.32. The Morgan fingerprint density at radius 3 is 3.00 bits per heavy atom. The van der Waals surface area contributed by atoms with Gasteiger partial charge in [-0.15, -0.1) is 0 Å². The van der Waals surface area contributed by atoms with E-state index in [1.165, 1.54) is 16.6 Å². The molecular weight excluding hydrogens is 290 g/mol. The highest BCUT2D eigenvalue weighted by atomic mass is 32.2. The van der Waals surface area contributed by atoms with Gasteiger partial charge >= 0.3 is 0 Å². The molecule has 21 heavy (non-hydrogen) atoms. The highest BCUT2D eigenvalue weighted by molar-refractivity contribution is 7.89. The zero-order chi connectivity index (χ0) is 14.9. The molecule has 1 saturated heterocycles. The molecule has 0 spiro atoms. The van der Waals surface area contributed by atoms with Crippen LogP contribution in [0.4, 0.5) is 0 Å². The molecule has 3 rings (SSSR count). The van der Waals surface area contributed by atoms with Gasteiger partial charge in [-0.05, 0) is 25.0 Å². The van der Waals surface area contributed by atoms with Crippen LogP contribution in [0.2, 0.25) is 0 Å². The third-order valence-electron chi connectivity index (χ3n) is 4.14. The summed E-state index contributed by atoms with van der Waals surface area (Å²) in [6.07, 6.45) is 5.20. The third-order valence-corrected chi connectivity index (χ3v) is 6.10. The second-order valence-corrected chi connectivity index (χ2v) is 7.20. The van der Waals surface area contributed by atoms with Crippen LogP contribution in [-0.2, 0) is 14.8 Å². The maximum Gasteiger partial charge on any atom is 0.246 e. The van der Waals surface area contributed by atoms with Crippen molar-refractivity contribution in [1.82, 2.24) is 9.29 Å². The highest BCUT2D eigenvalue weighted by Gasteiger charge is 2.41. The topological polar surface area (TPSA) is 83.3 Å². The van der Waals surface area contributed by atoms with Gasteiger partial charge in [-0.25, -0.2) is 13.4 Å². The lowest BCUT2D eigenvalue weighted by Gasteiger charge is -2.42. The molecule has 1 aliphatic heterocycles. The van der Waals surface area contributed by atoms with E-state index in [2.05, 4.69) is 4.98 Å². The van der Waals surface area contributed by atoms with Crippen molar-refractivity contribution in [3.8, 4) is 6.07 Å². The van der Waals surface area contributed by atoms with Crippen molar-refractivity contribution in [1.29, 1.82) is 5.26 Å². The Morgan fingerprint density at radius 2 is 2.19 bits per heavy atom. The monoisotopic (exact) mass is 307 g/mol. The first-order valence-electron chi connectivity index (χ1n) is 7.13. The van der Waals surface area contributed by atoms with E-state index in [0.717, 1.165) is 25.7 Å². The van der Waals surface area contributed by atoms with Gasteiger partial charge in [-0.3, -0.25) is 0 Å². The molecular formula is C14H17N3O3S. The Bertz CT molecular complexity index is 666. The Labute approximate surface area is 124 Å². The van der Waals surface area contributed by atoms with Crippen LogP contribution in [0.15, 0.2) is 23.2 Å². The molecule has 2 atom stereocenters. The molecule has 2 unspecified atom stereocenters. The summed E-state index contributed by atoms with van der Waals surface area (Å²) in [5.74, 6) is 0. The van der Waals surface area contributed by atoms with Crippen molar-refractivity contribution < 1.29 is 13.2 Å². The summed E-state index contributed by atoms with van der Waals surface area (Å²) in [5, 5.41) is 9.09. The van der Waals surface area contributed by atoms with E-state index in [1.807, 2.05) is 6.07 Å². The lowest BCUT2D eigenvalue weighted by atomic mass is 9.91. The van der Waals surface area contributed by atoms with Gasteiger partial charge in [0.15, 0.2) is 5.69 Å². The lowest BCUT2D eigenvalue weighted by molar-refractivity contribution is -0.0586. The van der Waals surface area contributed by atoms with Crippen LogP contribution in [0.25, 0.3) is 0 Å². The summed E-state index contributed by atoms with van der Waals surface area (Å²) in [4.78, 5) is 3.86. The first kappa shape index (κ1) is 14.4. The maximum absolute atomic E-state index is 12.9. The van der Waals surface area contributed by atoms with Crippen molar-refractivity contribution in [2.75, 3.05) is 13.2 Å². The quantitative estimate of drug-likeness (QED) is 0.822. The fourth-order valence-corrected chi connectivity index (χ4v) is 4.93. The summed E-state index contributed by atoms with van der Waals surface area (Å²) < 4.78 is 33.0. The summed E-state index contributed by atoms with van der Waals surface area (Å²) in [7, 11) is -3.71. The summed E-state index contributed by atoms with van der Waals surface area (Å²) in [6, 6.07) is 4.74. The summed E-state index contributed by atoms with van der Waals surface area (Å²) in [5.41, 5.74) is -0.0450. The van der Waals surface area contributed by atoms with E-state index >= 15 is 0 Å². The van der Waals surface area contributed by atoms with E-state index < -0.39 is 10.0 Å². The predicted molar refractivity (Wildman–Crippen MR) is 74.8 cm³/mol. The smallest absolute Gasteiger partial charge is 0.246 e. The first-order valence-corrected chi connectivity index (χ1v) is 8.57. The Hall–Kier alpha value is -1.49. The number of hydrogen-bond acceptors (Lipinski definition) is 5. The third kappa shape index (κ3) is 2.55. The van der Waals surface area contributed by atoms with E-state index in [1.54, 1.807) is 6.07 Å². The van der Waals surface area contributed by atoms with Gasteiger partial charge in [0, 0.05) is 12.7 Å². The van der Waals surface area contributed by atoms with Gasteiger partial charge in [0.1, 0.15) is 11.0 Å². The zero-order valence-corrected chi connectivity index (χ0v) is 12.4. The lowest BCUT2D eigenvalue weighted by Crippen LogP contribution is -2.54. The number of sulfonamides is 1. The van der Waals surface area contributed by atoms with Crippen LogP contribution in [0.3, 0.4) is 0 Å². The summed E-state index contributed by atoms with van der Waals surface area (Å²) >= 11 is 0. The van der Waals surface area contributed by atoms with Crippen LogP contribution in [0, 0.1) is 11.3 Å². The number of rotatable bonds is 2. The average molecular weight is 307 g/mol. The van der Waals surface area contributed by atoms with Crippen molar-refractivity contribution >= 4 is 10.0 Å². The van der Waals surface area contributed by atoms with Gasteiger partial charge in [0.25, 0.3) is 0 Å². The number of nitrogens with zero attached hydrogens (tertiary/aromatic N) is 3. The fourth-order valence-electron chi connectivity index (χ4n) is 3.17. The van der Waals surface area contributed by atoms with Crippen LogP contribution in [0.5, 0.6) is 0 Å². The molecule has 2 heterocycles. The standard InChI is InChI=1S/C14H17N3O3S/c15-10-11-14(6-3-7-16-11)21(18,19)17-8-9-20-13-5-2-1-4-12(13)17/h3,6-7,12-13H,1-2,4-5,8-9H2. The van der Waals surface area contributed by atoms with E-state index in [-0.39, 0.29) is 22.7 Å². The number of morpholine rings is 1. The van der Waals surface area contributed by atoms with Crippen molar-refractivity contribution in [3.63, 3.8) is 0 Å². The second kappa shape index (κ2) is 5.72. The van der Waals surface area contributed by atoms with E-state index in [0.29, 0.717) is 13.2 Å². The number of nitriles is 1. The van der Waals surface area contributed by atoms with Crippen LogP contribution in [0.1, 0.15) is 31.4 Å². The largest absolute Gasteiger partial charge is 0.375 e. The minimum absolute atomic E-state index is 0.00118. The van der Waals surface area contributed by atoms with Crippen molar-refractivity contribution in [3.05, 3.63) is 24.0 Å². The first-order chi connectivity index (χ1) is 10.1. The van der Waals surface area contributed by atoms with Crippen LogP contribution >= 0.6 is 0 Å². The molecule has 1 saturated carbocycles. The van der Waals surface area contributed by atoms with Gasteiger partial charge in [0.2, 0.25) is 10.0 Å². The summed E-state index contributed by atoms with van der Waals surface area (Å²) in [6.45, 7) is 0.742. The van der Waals surface area contributed by atoms with Gasteiger partial charge in [-0.2, -0.15) is 9.57 Å². The molecule has 0 aromatic carbocycles. The Balaban J connectivity index is 1.99. The number of hydrogen-bond donors (Lipinski definition) is 0. The SMILES string of the molecule is N#Cc1ncccc1S(=O)(=O)N1CCOC2CCCCC21. The van der Waals surface area contributed by atoms with E-state index in [4.69, 9.17) is 10.00 Å². The molecule has 2 aliphatic rings. The maximum atomic E-state index is 12.9.